The first-order valence-corrected chi connectivity index (χ1v) is 8.30. The highest BCUT2D eigenvalue weighted by Crippen LogP contribution is 2.43. The van der Waals surface area contributed by atoms with Crippen LogP contribution in [0.25, 0.3) is 0 Å². The largest absolute Gasteiger partial charge is 0.456 e. The molecule has 2 aromatic rings. The molecule has 0 saturated carbocycles. The molecule has 4 heterocycles. The lowest BCUT2D eigenvalue weighted by atomic mass is 9.81. The summed E-state index contributed by atoms with van der Waals surface area (Å²) in [5.74, 6) is 2.46. The molecule has 0 spiro atoms. The van der Waals surface area contributed by atoms with Gasteiger partial charge in [0.15, 0.2) is 5.76 Å². The van der Waals surface area contributed by atoms with Crippen molar-refractivity contribution in [3.05, 3.63) is 34.9 Å². The summed E-state index contributed by atoms with van der Waals surface area (Å²) in [6.45, 7) is 7.98. The van der Waals surface area contributed by atoms with Crippen molar-refractivity contribution in [1.29, 1.82) is 0 Å². The molecule has 128 valence electrons. The fraction of sp³-hybridized carbons (Fsp3) is 0.588. The van der Waals surface area contributed by atoms with Crippen molar-refractivity contribution in [2.45, 2.75) is 32.6 Å². The van der Waals surface area contributed by atoms with Crippen molar-refractivity contribution in [2.75, 3.05) is 26.3 Å². The number of nitrogens with zero attached hydrogens (tertiary/aromatic N) is 3. The van der Waals surface area contributed by atoms with Gasteiger partial charge in [-0.25, -0.2) is 0 Å². The van der Waals surface area contributed by atoms with E-state index in [0.29, 0.717) is 43.8 Å². The zero-order valence-corrected chi connectivity index (χ0v) is 14.2. The number of likely N-dealkylation sites (tertiary alicyclic amines) is 1. The molecule has 7 nitrogen and oxygen atoms in total. The van der Waals surface area contributed by atoms with Crippen molar-refractivity contribution < 1.29 is 18.4 Å². The number of carbonyl (C=O) groups is 1. The van der Waals surface area contributed by atoms with Gasteiger partial charge in [0.1, 0.15) is 5.76 Å². The van der Waals surface area contributed by atoms with E-state index in [1.807, 2.05) is 24.8 Å². The number of amides is 1. The molecule has 2 aliphatic heterocycles. The average Bonchev–Trinajstić information content (AvgIpc) is 3.28. The van der Waals surface area contributed by atoms with Gasteiger partial charge in [-0.15, -0.1) is 10.2 Å². The summed E-state index contributed by atoms with van der Waals surface area (Å²) in [5, 5.41) is 8.15. The van der Waals surface area contributed by atoms with Crippen LogP contribution < -0.4 is 0 Å². The highest BCUT2D eigenvalue weighted by molar-refractivity contribution is 5.92. The molecular weight excluding hydrogens is 310 g/mol. The van der Waals surface area contributed by atoms with Gasteiger partial charge >= 0.3 is 0 Å². The van der Waals surface area contributed by atoms with Gasteiger partial charge < -0.3 is 18.5 Å². The number of hydrogen-bond donors (Lipinski definition) is 0. The van der Waals surface area contributed by atoms with Crippen LogP contribution in [-0.2, 0) is 16.6 Å². The van der Waals surface area contributed by atoms with Crippen molar-refractivity contribution in [2.24, 2.45) is 5.92 Å². The lowest BCUT2D eigenvalue weighted by molar-refractivity contribution is 0.0706. The maximum Gasteiger partial charge on any atom is 0.289 e. The second kappa shape index (κ2) is 5.44. The number of hydrogen-bond acceptors (Lipinski definition) is 6. The first-order chi connectivity index (χ1) is 11.5. The van der Waals surface area contributed by atoms with Crippen LogP contribution in [0.3, 0.4) is 0 Å². The molecular formula is C17H21N3O4. The summed E-state index contributed by atoms with van der Waals surface area (Å²) in [7, 11) is 0. The molecule has 24 heavy (non-hydrogen) atoms. The molecule has 0 unspecified atom stereocenters. The zero-order valence-electron chi connectivity index (χ0n) is 14.2. The molecule has 0 N–H and O–H groups in total. The van der Waals surface area contributed by atoms with Gasteiger partial charge in [-0.05, 0) is 18.6 Å². The lowest BCUT2D eigenvalue weighted by Crippen LogP contribution is -2.37. The van der Waals surface area contributed by atoms with Crippen LogP contribution in [0.15, 0.2) is 14.9 Å². The van der Waals surface area contributed by atoms with E-state index in [9.17, 15) is 4.79 Å². The maximum absolute atomic E-state index is 12.9. The molecule has 2 saturated heterocycles. The van der Waals surface area contributed by atoms with E-state index in [0.717, 1.165) is 17.7 Å². The third-order valence-corrected chi connectivity index (χ3v) is 5.17. The van der Waals surface area contributed by atoms with Gasteiger partial charge in [0.25, 0.3) is 5.91 Å². The third-order valence-electron chi connectivity index (χ3n) is 5.17. The average molecular weight is 331 g/mol. The van der Waals surface area contributed by atoms with Gasteiger partial charge in [0, 0.05) is 32.4 Å². The Hall–Kier alpha value is -2.15. The number of furan rings is 1. The third kappa shape index (κ3) is 2.18. The van der Waals surface area contributed by atoms with Crippen LogP contribution in [0.2, 0.25) is 0 Å². The van der Waals surface area contributed by atoms with Crippen molar-refractivity contribution >= 4 is 5.91 Å². The smallest absolute Gasteiger partial charge is 0.289 e. The van der Waals surface area contributed by atoms with E-state index in [2.05, 4.69) is 10.2 Å². The van der Waals surface area contributed by atoms with Gasteiger partial charge in [0.05, 0.1) is 18.6 Å². The molecule has 4 rings (SSSR count). The Morgan fingerprint density at radius 2 is 2.21 bits per heavy atom. The van der Waals surface area contributed by atoms with Gasteiger partial charge in [-0.3, -0.25) is 4.79 Å². The Morgan fingerprint density at radius 3 is 2.88 bits per heavy atom. The number of rotatable bonds is 3. The van der Waals surface area contributed by atoms with Gasteiger partial charge in [-0.2, -0.15) is 0 Å². The summed E-state index contributed by atoms with van der Waals surface area (Å²) in [5.41, 5.74) is 0.623. The van der Waals surface area contributed by atoms with E-state index in [1.165, 1.54) is 0 Å². The van der Waals surface area contributed by atoms with E-state index < -0.39 is 5.41 Å². The summed E-state index contributed by atoms with van der Waals surface area (Å²) in [6.07, 6.45) is 0.779. The summed E-state index contributed by atoms with van der Waals surface area (Å²) in [6, 6.07) is 1.83. The van der Waals surface area contributed by atoms with Crippen LogP contribution in [0.1, 0.15) is 40.6 Å². The highest BCUT2D eigenvalue weighted by atomic mass is 16.5. The molecule has 2 fully saturated rings. The molecule has 0 aromatic carbocycles. The molecule has 2 aliphatic rings. The second-order valence-electron chi connectivity index (χ2n) is 6.75. The zero-order chi connectivity index (χ0) is 16.9. The molecule has 2 atom stereocenters. The van der Waals surface area contributed by atoms with E-state index in [4.69, 9.17) is 13.6 Å². The number of aromatic nitrogens is 2. The topological polar surface area (TPSA) is 81.6 Å². The molecule has 0 bridgehead atoms. The van der Waals surface area contributed by atoms with Gasteiger partial charge in [-0.1, -0.05) is 6.92 Å². The number of fused-ring (bicyclic) bond motifs is 1. The minimum atomic E-state index is -0.397. The first kappa shape index (κ1) is 15.4. The molecule has 7 heteroatoms. The monoisotopic (exact) mass is 331 g/mol. The number of carbonyl (C=O) groups excluding carboxylic acids is 1. The number of ether oxygens (including phenoxy) is 1. The highest BCUT2D eigenvalue weighted by Gasteiger charge is 2.56. The fourth-order valence-electron chi connectivity index (χ4n) is 3.82. The summed E-state index contributed by atoms with van der Waals surface area (Å²) in [4.78, 5) is 14.7. The van der Waals surface area contributed by atoms with Crippen LogP contribution in [0.5, 0.6) is 0 Å². The van der Waals surface area contributed by atoms with Crippen molar-refractivity contribution in [3.8, 4) is 0 Å². The SMILES string of the molecule is CCc1oc(C(=O)N2C[C@H]3COC[C@@]3(c3nnc(C)o3)C2)cc1C. The Labute approximate surface area is 140 Å². The predicted molar refractivity (Wildman–Crippen MR) is 83.7 cm³/mol. The minimum absolute atomic E-state index is 0.0807. The molecule has 0 aliphatic carbocycles. The quantitative estimate of drug-likeness (QED) is 0.854. The number of aryl methyl sites for hydroxylation is 3. The molecule has 0 radical (unpaired) electrons. The Morgan fingerprint density at radius 1 is 1.38 bits per heavy atom. The second-order valence-corrected chi connectivity index (χ2v) is 6.75. The van der Waals surface area contributed by atoms with Crippen molar-refractivity contribution in [3.63, 3.8) is 0 Å². The van der Waals surface area contributed by atoms with Crippen LogP contribution in [-0.4, -0.2) is 47.3 Å². The van der Waals surface area contributed by atoms with Crippen LogP contribution in [0, 0.1) is 19.8 Å². The Balaban J connectivity index is 1.61. The van der Waals surface area contributed by atoms with Crippen LogP contribution in [0.4, 0.5) is 0 Å². The lowest BCUT2D eigenvalue weighted by Gasteiger charge is -2.22. The standard InChI is InChI=1S/C17H21N3O4/c1-4-13-10(2)5-14(24-13)15(21)20-6-12-7-22-9-17(12,8-20)16-19-18-11(3)23-16/h5,12H,4,6-9H2,1-3H3/t12-,17-/m0/s1. The molecule has 1 amide bonds. The predicted octanol–water partition coefficient (Wildman–Crippen LogP) is 1.88. The normalized spacial score (nSPS) is 26.1. The van der Waals surface area contributed by atoms with Crippen molar-refractivity contribution in [1.82, 2.24) is 15.1 Å². The van der Waals surface area contributed by atoms with E-state index in [1.54, 1.807) is 6.92 Å². The van der Waals surface area contributed by atoms with E-state index in [-0.39, 0.29) is 11.8 Å². The Bertz CT molecular complexity index is 781. The summed E-state index contributed by atoms with van der Waals surface area (Å²) < 4.78 is 17.1. The minimum Gasteiger partial charge on any atom is -0.456 e. The Kier molecular flexibility index (Phi) is 3.49. The first-order valence-electron chi connectivity index (χ1n) is 8.30. The molecule has 2 aromatic heterocycles. The fourth-order valence-corrected chi connectivity index (χ4v) is 3.82. The van der Waals surface area contributed by atoms with Crippen LogP contribution >= 0.6 is 0 Å². The van der Waals surface area contributed by atoms with E-state index >= 15 is 0 Å². The van der Waals surface area contributed by atoms with Gasteiger partial charge in [0.2, 0.25) is 11.8 Å². The maximum atomic E-state index is 12.9. The summed E-state index contributed by atoms with van der Waals surface area (Å²) >= 11 is 0.